The van der Waals surface area contributed by atoms with E-state index in [-0.39, 0.29) is 0 Å². The highest BCUT2D eigenvalue weighted by molar-refractivity contribution is 7.26. The lowest BCUT2D eigenvalue weighted by Gasteiger charge is -2.11. The average molecular weight is 691 g/mol. The van der Waals surface area contributed by atoms with E-state index in [4.69, 9.17) is 0 Å². The molecule has 2 nitrogen and oxygen atoms in total. The van der Waals surface area contributed by atoms with Crippen LogP contribution in [-0.2, 0) is 0 Å². The van der Waals surface area contributed by atoms with Gasteiger partial charge >= 0.3 is 0 Å². The first-order valence-electron chi connectivity index (χ1n) is 18.2. The van der Waals surface area contributed by atoms with Crippen molar-refractivity contribution in [1.29, 1.82) is 0 Å². The lowest BCUT2D eigenvalue weighted by Crippen LogP contribution is -1.95. The summed E-state index contributed by atoms with van der Waals surface area (Å²) in [6.07, 6.45) is 0. The molecule has 0 N–H and O–H groups in total. The van der Waals surface area contributed by atoms with Crippen LogP contribution < -0.4 is 0 Å². The second-order valence-electron chi connectivity index (χ2n) is 14.1. The highest BCUT2D eigenvalue weighted by atomic mass is 32.1. The fraction of sp³-hybridized carbons (Fsp3) is 0. The van der Waals surface area contributed by atoms with Crippen molar-refractivity contribution >= 4 is 96.7 Å². The first kappa shape index (κ1) is 29.0. The molecule has 12 aromatic rings. The molecule has 0 spiro atoms. The van der Waals surface area contributed by atoms with E-state index < -0.39 is 0 Å². The molecule has 0 fully saturated rings. The van der Waals surface area contributed by atoms with Crippen molar-refractivity contribution in [1.82, 2.24) is 9.13 Å². The predicted molar refractivity (Wildman–Crippen MR) is 228 cm³/mol. The van der Waals surface area contributed by atoms with Gasteiger partial charge in [0, 0.05) is 48.1 Å². The van der Waals surface area contributed by atoms with Gasteiger partial charge in [-0.05, 0) is 81.9 Å². The number of aromatic nitrogens is 2. The van der Waals surface area contributed by atoms with Crippen LogP contribution in [0.3, 0.4) is 0 Å². The fourth-order valence-electron chi connectivity index (χ4n) is 8.87. The molecule has 246 valence electrons. The molecule has 0 aliphatic rings. The smallest absolute Gasteiger partial charge is 0.0641 e. The summed E-state index contributed by atoms with van der Waals surface area (Å²) < 4.78 is 7.57. The number of nitrogens with zero attached hydrogens (tertiary/aromatic N) is 2. The molecule has 0 saturated heterocycles. The monoisotopic (exact) mass is 690 g/mol. The Labute approximate surface area is 309 Å². The molecule has 0 bridgehead atoms. The Morgan fingerprint density at radius 1 is 0.340 bits per heavy atom. The molecule has 0 aliphatic carbocycles. The summed E-state index contributed by atoms with van der Waals surface area (Å²) in [6, 6.07) is 67.2. The number of fused-ring (bicyclic) bond motifs is 12. The molecule has 0 aliphatic heterocycles. The quantitative estimate of drug-likeness (QED) is 0.175. The minimum Gasteiger partial charge on any atom is -0.309 e. The van der Waals surface area contributed by atoms with E-state index in [9.17, 15) is 0 Å². The lowest BCUT2D eigenvalue weighted by molar-refractivity contribution is 1.19. The number of thiophene rings is 1. The van der Waals surface area contributed by atoms with Crippen LogP contribution in [0.15, 0.2) is 182 Å². The summed E-state index contributed by atoms with van der Waals surface area (Å²) in [4.78, 5) is 0. The van der Waals surface area contributed by atoms with Gasteiger partial charge < -0.3 is 9.13 Å². The van der Waals surface area contributed by atoms with Gasteiger partial charge in [0.1, 0.15) is 0 Å². The number of hydrogen-bond acceptors (Lipinski definition) is 1. The zero-order chi connectivity index (χ0) is 34.6. The van der Waals surface area contributed by atoms with E-state index in [1.54, 1.807) is 0 Å². The van der Waals surface area contributed by atoms with Crippen LogP contribution in [0.2, 0.25) is 0 Å². The van der Waals surface area contributed by atoms with Gasteiger partial charge in [-0.25, -0.2) is 0 Å². The maximum atomic E-state index is 2.52. The molecule has 0 amide bonds. The van der Waals surface area contributed by atoms with Crippen molar-refractivity contribution in [2.75, 3.05) is 0 Å². The molecule has 0 atom stereocenters. The molecule has 3 heterocycles. The molecule has 12 rings (SSSR count). The summed E-state index contributed by atoms with van der Waals surface area (Å²) in [5, 5.41) is 12.7. The Morgan fingerprint density at radius 3 is 1.81 bits per heavy atom. The maximum absolute atomic E-state index is 2.52. The topological polar surface area (TPSA) is 9.86 Å². The molecule has 0 saturated carbocycles. The molecule has 0 unspecified atom stereocenters. The molecule has 3 heteroatoms. The van der Waals surface area contributed by atoms with Gasteiger partial charge in [-0.2, -0.15) is 0 Å². The van der Waals surface area contributed by atoms with Gasteiger partial charge in [-0.15, -0.1) is 11.3 Å². The van der Waals surface area contributed by atoms with Crippen molar-refractivity contribution < 1.29 is 0 Å². The third-order valence-electron chi connectivity index (χ3n) is 11.3. The average Bonchev–Trinajstić information content (AvgIpc) is 3.88. The standard InChI is InChI=1S/C50H30N2S/c1-2-12-33-28-36(24-20-31(33)10-1)51-44-17-7-5-14-38(44)42-29-34(22-26-45(42)51)35-23-27-46-43(30-35)40-25-21-32-11-3-4-13-37(32)49(40)52(46)47-18-9-16-41-39-15-6-8-19-48(39)53-50(41)47/h1-30H. The van der Waals surface area contributed by atoms with Crippen molar-refractivity contribution in [2.45, 2.75) is 0 Å². The van der Waals surface area contributed by atoms with Crippen LogP contribution in [0.4, 0.5) is 0 Å². The summed E-state index contributed by atoms with van der Waals surface area (Å²) >= 11 is 1.89. The van der Waals surface area contributed by atoms with Crippen LogP contribution >= 0.6 is 11.3 Å². The van der Waals surface area contributed by atoms with Gasteiger partial charge in [0.15, 0.2) is 0 Å². The first-order valence-corrected chi connectivity index (χ1v) is 19.0. The largest absolute Gasteiger partial charge is 0.309 e. The SMILES string of the molecule is c1ccc2cc(-n3c4ccccc4c4cc(-c5ccc6c(c5)c5ccc7ccccc7c5n6-c5cccc6c5sc5ccccc56)ccc43)ccc2c1. The second-order valence-corrected chi connectivity index (χ2v) is 15.2. The third kappa shape index (κ3) is 4.14. The van der Waals surface area contributed by atoms with E-state index in [1.807, 2.05) is 11.3 Å². The highest BCUT2D eigenvalue weighted by Crippen LogP contribution is 2.44. The highest BCUT2D eigenvalue weighted by Gasteiger charge is 2.20. The van der Waals surface area contributed by atoms with Crippen molar-refractivity contribution in [2.24, 2.45) is 0 Å². The molecule has 53 heavy (non-hydrogen) atoms. The minimum absolute atomic E-state index is 1.18. The Balaban J connectivity index is 1.10. The molecular formula is C50H30N2S. The Morgan fingerprint density at radius 2 is 0.962 bits per heavy atom. The number of hydrogen-bond donors (Lipinski definition) is 0. The van der Waals surface area contributed by atoms with Crippen LogP contribution in [0.5, 0.6) is 0 Å². The van der Waals surface area contributed by atoms with Crippen LogP contribution in [0.1, 0.15) is 0 Å². The lowest BCUT2D eigenvalue weighted by atomic mass is 10.00. The Bertz CT molecular complexity index is 3470. The summed E-state index contributed by atoms with van der Waals surface area (Å²) in [7, 11) is 0. The van der Waals surface area contributed by atoms with Crippen LogP contribution in [0, 0.1) is 0 Å². The van der Waals surface area contributed by atoms with E-state index in [0.29, 0.717) is 0 Å². The van der Waals surface area contributed by atoms with Crippen molar-refractivity contribution in [3.8, 4) is 22.5 Å². The van der Waals surface area contributed by atoms with Crippen molar-refractivity contribution in [3.63, 3.8) is 0 Å². The zero-order valence-corrected chi connectivity index (χ0v) is 29.4. The van der Waals surface area contributed by atoms with E-state index in [2.05, 4.69) is 191 Å². The zero-order valence-electron chi connectivity index (χ0n) is 28.6. The molecule has 0 radical (unpaired) electrons. The maximum Gasteiger partial charge on any atom is 0.0641 e. The Kier molecular flexibility index (Phi) is 5.96. The van der Waals surface area contributed by atoms with Gasteiger partial charge in [0.05, 0.1) is 32.5 Å². The van der Waals surface area contributed by atoms with Crippen molar-refractivity contribution in [3.05, 3.63) is 182 Å². The van der Waals surface area contributed by atoms with Gasteiger partial charge in [0.25, 0.3) is 0 Å². The molecular weight excluding hydrogens is 661 g/mol. The third-order valence-corrected chi connectivity index (χ3v) is 12.5. The molecule has 9 aromatic carbocycles. The number of para-hydroxylation sites is 1. The van der Waals surface area contributed by atoms with E-state index >= 15 is 0 Å². The van der Waals surface area contributed by atoms with Gasteiger partial charge in [-0.1, -0.05) is 127 Å². The second kappa shape index (κ2) is 10.9. The number of rotatable bonds is 3. The minimum atomic E-state index is 1.18. The normalized spacial score (nSPS) is 12.2. The van der Waals surface area contributed by atoms with Crippen LogP contribution in [-0.4, -0.2) is 9.13 Å². The predicted octanol–water partition coefficient (Wildman–Crippen LogP) is 14.2. The van der Waals surface area contributed by atoms with Crippen LogP contribution in [0.25, 0.3) is 108 Å². The summed E-state index contributed by atoms with van der Waals surface area (Å²) in [6.45, 7) is 0. The summed E-state index contributed by atoms with van der Waals surface area (Å²) in [5.74, 6) is 0. The summed E-state index contributed by atoms with van der Waals surface area (Å²) in [5.41, 5.74) is 9.76. The van der Waals surface area contributed by atoms with Gasteiger partial charge in [-0.3, -0.25) is 0 Å². The first-order chi connectivity index (χ1) is 26.3. The molecule has 3 aromatic heterocycles. The van der Waals surface area contributed by atoms with Gasteiger partial charge in [0.2, 0.25) is 0 Å². The number of benzene rings is 9. The fourth-order valence-corrected chi connectivity index (χ4v) is 10.1. The van der Waals surface area contributed by atoms with E-state index in [1.165, 1.54) is 108 Å². The Hall–Kier alpha value is -6.68. The van der Waals surface area contributed by atoms with E-state index in [0.717, 1.165) is 0 Å².